The fourth-order valence-electron chi connectivity index (χ4n) is 2.08. The van der Waals surface area contributed by atoms with Crippen LogP contribution < -0.4 is 5.48 Å². The molecule has 1 saturated carbocycles. The fraction of sp³-hybridized carbons (Fsp3) is 0.923. The molecule has 16 heavy (non-hydrogen) atoms. The van der Waals surface area contributed by atoms with Crippen LogP contribution in [0.2, 0.25) is 0 Å². The maximum absolute atomic E-state index is 11.8. The SMILES string of the molecule is CC(C)CONC(=O)C1CCCCCCC1. The van der Waals surface area contributed by atoms with E-state index >= 15 is 0 Å². The average Bonchev–Trinajstić information content (AvgIpc) is 2.15. The topological polar surface area (TPSA) is 38.3 Å². The van der Waals surface area contributed by atoms with E-state index in [-0.39, 0.29) is 11.8 Å². The Morgan fingerprint density at radius 3 is 2.31 bits per heavy atom. The first-order valence-electron chi connectivity index (χ1n) is 6.62. The molecule has 0 aliphatic heterocycles. The van der Waals surface area contributed by atoms with Crippen molar-refractivity contribution in [3.8, 4) is 0 Å². The van der Waals surface area contributed by atoms with E-state index in [2.05, 4.69) is 19.3 Å². The van der Waals surface area contributed by atoms with Crippen LogP contribution in [0.5, 0.6) is 0 Å². The van der Waals surface area contributed by atoms with Gasteiger partial charge in [-0.25, -0.2) is 5.48 Å². The van der Waals surface area contributed by atoms with Gasteiger partial charge in [0.1, 0.15) is 0 Å². The summed E-state index contributed by atoms with van der Waals surface area (Å²) >= 11 is 0. The normalized spacial score (nSPS) is 19.2. The zero-order chi connectivity index (χ0) is 11.8. The molecule has 1 fully saturated rings. The molecule has 0 aromatic heterocycles. The largest absolute Gasteiger partial charge is 0.273 e. The van der Waals surface area contributed by atoms with E-state index in [0.29, 0.717) is 12.5 Å². The summed E-state index contributed by atoms with van der Waals surface area (Å²) in [5, 5.41) is 0. The molecule has 1 N–H and O–H groups in total. The van der Waals surface area contributed by atoms with E-state index in [1.54, 1.807) is 0 Å². The highest BCUT2D eigenvalue weighted by Gasteiger charge is 2.19. The molecular weight excluding hydrogens is 202 g/mol. The summed E-state index contributed by atoms with van der Waals surface area (Å²) in [4.78, 5) is 17.0. The van der Waals surface area contributed by atoms with Crippen LogP contribution in [0.4, 0.5) is 0 Å². The van der Waals surface area contributed by atoms with Crippen molar-refractivity contribution >= 4 is 5.91 Å². The van der Waals surface area contributed by atoms with Crippen LogP contribution in [-0.4, -0.2) is 12.5 Å². The Hall–Kier alpha value is -0.570. The molecule has 0 aromatic rings. The van der Waals surface area contributed by atoms with Crippen LogP contribution in [0.15, 0.2) is 0 Å². The number of hydrogen-bond donors (Lipinski definition) is 1. The van der Waals surface area contributed by atoms with Gasteiger partial charge in [0.25, 0.3) is 0 Å². The van der Waals surface area contributed by atoms with E-state index in [1.165, 1.54) is 32.1 Å². The molecule has 0 aromatic carbocycles. The number of amides is 1. The van der Waals surface area contributed by atoms with E-state index in [0.717, 1.165) is 12.8 Å². The molecule has 3 heteroatoms. The highest BCUT2D eigenvalue weighted by molar-refractivity contribution is 5.77. The third kappa shape index (κ3) is 5.50. The summed E-state index contributed by atoms with van der Waals surface area (Å²) in [6.07, 6.45) is 8.30. The Labute approximate surface area is 98.9 Å². The van der Waals surface area contributed by atoms with Crippen molar-refractivity contribution in [2.24, 2.45) is 11.8 Å². The average molecular weight is 227 g/mol. The minimum absolute atomic E-state index is 0.0857. The smallest absolute Gasteiger partial charge is 0.246 e. The lowest BCUT2D eigenvalue weighted by molar-refractivity contribution is -0.139. The molecule has 1 amide bonds. The first-order valence-corrected chi connectivity index (χ1v) is 6.62. The monoisotopic (exact) mass is 227 g/mol. The van der Waals surface area contributed by atoms with Crippen molar-refractivity contribution in [1.82, 2.24) is 5.48 Å². The van der Waals surface area contributed by atoms with Crippen LogP contribution in [0, 0.1) is 11.8 Å². The lowest BCUT2D eigenvalue weighted by atomic mass is 9.91. The predicted octanol–water partition coefficient (Wildman–Crippen LogP) is 3.05. The van der Waals surface area contributed by atoms with E-state index in [9.17, 15) is 4.79 Å². The van der Waals surface area contributed by atoms with Gasteiger partial charge in [-0.05, 0) is 18.8 Å². The number of rotatable bonds is 4. The van der Waals surface area contributed by atoms with Gasteiger partial charge in [0.15, 0.2) is 0 Å². The van der Waals surface area contributed by atoms with Gasteiger partial charge in [0.2, 0.25) is 5.91 Å². The zero-order valence-electron chi connectivity index (χ0n) is 10.6. The minimum Gasteiger partial charge on any atom is -0.273 e. The van der Waals surface area contributed by atoms with Gasteiger partial charge >= 0.3 is 0 Å². The Morgan fingerprint density at radius 1 is 1.19 bits per heavy atom. The molecule has 0 bridgehead atoms. The first kappa shape index (κ1) is 13.5. The molecule has 0 radical (unpaired) electrons. The van der Waals surface area contributed by atoms with Gasteiger partial charge in [-0.1, -0.05) is 46.0 Å². The lowest BCUT2D eigenvalue weighted by Gasteiger charge is -2.19. The number of nitrogens with one attached hydrogen (secondary N) is 1. The highest BCUT2D eigenvalue weighted by Crippen LogP contribution is 2.22. The fourth-order valence-corrected chi connectivity index (χ4v) is 2.08. The summed E-state index contributed by atoms with van der Waals surface area (Å²) in [7, 11) is 0. The van der Waals surface area contributed by atoms with E-state index in [4.69, 9.17) is 4.84 Å². The van der Waals surface area contributed by atoms with E-state index < -0.39 is 0 Å². The number of hydrogen-bond acceptors (Lipinski definition) is 2. The van der Waals surface area contributed by atoms with Crippen molar-refractivity contribution in [2.75, 3.05) is 6.61 Å². The van der Waals surface area contributed by atoms with E-state index in [1.807, 2.05) is 0 Å². The number of carbonyl (C=O) groups excluding carboxylic acids is 1. The van der Waals surface area contributed by atoms with Gasteiger partial charge in [-0.2, -0.15) is 0 Å². The molecule has 0 atom stereocenters. The summed E-state index contributed by atoms with van der Waals surface area (Å²) in [5.41, 5.74) is 2.59. The first-order chi connectivity index (χ1) is 7.70. The molecule has 1 aliphatic carbocycles. The van der Waals surface area contributed by atoms with Crippen molar-refractivity contribution in [2.45, 2.75) is 58.8 Å². The number of hydroxylamine groups is 1. The quantitative estimate of drug-likeness (QED) is 0.750. The van der Waals surface area contributed by atoms with Crippen molar-refractivity contribution in [3.05, 3.63) is 0 Å². The van der Waals surface area contributed by atoms with Gasteiger partial charge in [0, 0.05) is 5.92 Å². The van der Waals surface area contributed by atoms with Crippen LogP contribution in [0.1, 0.15) is 58.8 Å². The predicted molar refractivity (Wildman–Crippen MR) is 64.7 cm³/mol. The Kier molecular flexibility index (Phi) is 6.46. The molecule has 0 spiro atoms. The summed E-state index contributed by atoms with van der Waals surface area (Å²) in [6.45, 7) is 4.74. The summed E-state index contributed by atoms with van der Waals surface area (Å²) in [5.74, 6) is 0.715. The third-order valence-corrected chi connectivity index (χ3v) is 3.07. The van der Waals surface area contributed by atoms with Gasteiger partial charge in [-0.15, -0.1) is 0 Å². The van der Waals surface area contributed by atoms with Crippen LogP contribution >= 0.6 is 0 Å². The van der Waals surface area contributed by atoms with Crippen molar-refractivity contribution in [1.29, 1.82) is 0 Å². The Balaban J connectivity index is 2.22. The lowest BCUT2D eigenvalue weighted by Crippen LogP contribution is -2.32. The minimum atomic E-state index is 0.0857. The molecule has 3 nitrogen and oxygen atoms in total. The second-order valence-electron chi connectivity index (χ2n) is 5.21. The Bertz CT molecular complexity index is 196. The standard InChI is InChI=1S/C13H25NO2/c1-11(2)10-16-14-13(15)12-8-6-4-3-5-7-9-12/h11-12H,3-10H2,1-2H3,(H,14,15). The maximum Gasteiger partial charge on any atom is 0.246 e. The maximum atomic E-state index is 11.8. The summed E-state index contributed by atoms with van der Waals surface area (Å²) < 4.78 is 0. The molecule has 0 saturated heterocycles. The van der Waals surface area contributed by atoms with Gasteiger partial charge in [0.05, 0.1) is 6.61 Å². The second kappa shape index (κ2) is 7.66. The van der Waals surface area contributed by atoms with Crippen molar-refractivity contribution < 1.29 is 9.63 Å². The van der Waals surface area contributed by atoms with Crippen LogP contribution in [0.3, 0.4) is 0 Å². The zero-order valence-corrected chi connectivity index (χ0v) is 10.6. The molecule has 0 unspecified atom stereocenters. The molecular formula is C13H25NO2. The molecule has 94 valence electrons. The second-order valence-corrected chi connectivity index (χ2v) is 5.21. The molecule has 0 heterocycles. The highest BCUT2D eigenvalue weighted by atomic mass is 16.6. The third-order valence-electron chi connectivity index (χ3n) is 3.07. The summed E-state index contributed by atoms with van der Waals surface area (Å²) in [6, 6.07) is 0. The van der Waals surface area contributed by atoms with Crippen LogP contribution in [0.25, 0.3) is 0 Å². The van der Waals surface area contributed by atoms with Gasteiger partial charge < -0.3 is 0 Å². The molecule has 1 rings (SSSR count). The number of carbonyl (C=O) groups is 1. The Morgan fingerprint density at radius 2 is 1.75 bits per heavy atom. The van der Waals surface area contributed by atoms with Crippen molar-refractivity contribution in [3.63, 3.8) is 0 Å². The van der Waals surface area contributed by atoms with Gasteiger partial charge in [-0.3, -0.25) is 9.63 Å². The molecule has 1 aliphatic rings. The van der Waals surface area contributed by atoms with Crippen LogP contribution in [-0.2, 0) is 9.63 Å².